The van der Waals surface area contributed by atoms with Crippen molar-refractivity contribution in [2.24, 2.45) is 5.16 Å². The van der Waals surface area contributed by atoms with Crippen molar-refractivity contribution >= 4 is 23.2 Å². The molecule has 0 heterocycles. The monoisotopic (exact) mass is 360 g/mol. The van der Waals surface area contributed by atoms with Crippen molar-refractivity contribution in [2.75, 3.05) is 14.2 Å². The third-order valence-corrected chi connectivity index (χ3v) is 3.92. The van der Waals surface area contributed by atoms with Crippen LogP contribution in [0.4, 0.5) is 0 Å². The first-order valence-electron chi connectivity index (χ1n) is 7.93. The summed E-state index contributed by atoms with van der Waals surface area (Å²) in [5.41, 5.74) is 2.73. The lowest BCUT2D eigenvalue weighted by Gasteiger charge is -2.14. The lowest BCUT2D eigenvalue weighted by atomic mass is 10.0. The Bertz CT molecular complexity index is 775. The van der Waals surface area contributed by atoms with Crippen LogP contribution < -0.4 is 10.1 Å². The number of oxime groups is 1. The second-order valence-corrected chi connectivity index (χ2v) is 5.69. The summed E-state index contributed by atoms with van der Waals surface area (Å²) in [4.78, 5) is 16.9. The molecule has 0 saturated heterocycles. The molecule has 0 atom stereocenters. The molecule has 1 amide bonds. The zero-order valence-corrected chi connectivity index (χ0v) is 15.3. The molecule has 2 aromatic carbocycles. The molecular formula is C19H21ClN2O3. The molecule has 0 bridgehead atoms. The molecule has 0 aliphatic rings. The van der Waals surface area contributed by atoms with Crippen LogP contribution in [-0.4, -0.2) is 25.8 Å². The molecule has 0 aliphatic heterocycles. The number of carbonyl (C=O) groups excluding carboxylic acids is 1. The zero-order valence-electron chi connectivity index (χ0n) is 14.5. The second-order valence-electron chi connectivity index (χ2n) is 5.25. The highest BCUT2D eigenvalue weighted by molar-refractivity contribution is 6.45. The third-order valence-electron chi connectivity index (χ3n) is 3.68. The number of aryl methyl sites for hydroxylation is 1. The quantitative estimate of drug-likeness (QED) is 0.606. The first-order valence-corrected chi connectivity index (χ1v) is 8.31. The number of amides is 1. The van der Waals surface area contributed by atoms with Gasteiger partial charge in [-0.05, 0) is 35.7 Å². The summed E-state index contributed by atoms with van der Waals surface area (Å²) < 4.78 is 5.97. The maximum atomic E-state index is 12.1. The molecule has 25 heavy (non-hydrogen) atoms. The van der Waals surface area contributed by atoms with E-state index in [-0.39, 0.29) is 11.6 Å². The Labute approximate surface area is 152 Å². The molecule has 2 aromatic rings. The van der Waals surface area contributed by atoms with Crippen molar-refractivity contribution in [2.45, 2.75) is 20.0 Å². The van der Waals surface area contributed by atoms with Gasteiger partial charge in [-0.25, -0.2) is 0 Å². The minimum Gasteiger partial charge on any atom is -0.489 e. The minimum absolute atomic E-state index is 0.205. The summed E-state index contributed by atoms with van der Waals surface area (Å²) >= 11 is 6.04. The predicted molar refractivity (Wildman–Crippen MR) is 99.2 cm³/mol. The Kier molecular flexibility index (Phi) is 6.83. The maximum absolute atomic E-state index is 12.1. The van der Waals surface area contributed by atoms with Crippen LogP contribution in [0.2, 0.25) is 5.02 Å². The van der Waals surface area contributed by atoms with Gasteiger partial charge in [-0.3, -0.25) is 4.79 Å². The van der Waals surface area contributed by atoms with E-state index in [1.165, 1.54) is 7.11 Å². The van der Waals surface area contributed by atoms with Crippen molar-refractivity contribution in [3.05, 3.63) is 64.2 Å². The maximum Gasteiger partial charge on any atom is 0.273 e. The van der Waals surface area contributed by atoms with Gasteiger partial charge in [0.2, 0.25) is 0 Å². The van der Waals surface area contributed by atoms with Gasteiger partial charge < -0.3 is 14.9 Å². The number of nitrogens with one attached hydrogen (secondary N) is 1. The van der Waals surface area contributed by atoms with E-state index >= 15 is 0 Å². The Morgan fingerprint density at radius 3 is 2.64 bits per heavy atom. The van der Waals surface area contributed by atoms with Crippen molar-refractivity contribution in [3.63, 3.8) is 0 Å². The van der Waals surface area contributed by atoms with Gasteiger partial charge in [0.25, 0.3) is 5.91 Å². The summed E-state index contributed by atoms with van der Waals surface area (Å²) in [6, 6.07) is 13.0. The molecule has 0 unspecified atom stereocenters. The van der Waals surface area contributed by atoms with Crippen LogP contribution in [0.3, 0.4) is 0 Å². The number of hydrogen-bond acceptors (Lipinski definition) is 4. The topological polar surface area (TPSA) is 59.9 Å². The van der Waals surface area contributed by atoms with Crippen molar-refractivity contribution < 1.29 is 14.4 Å². The highest BCUT2D eigenvalue weighted by Gasteiger charge is 2.17. The van der Waals surface area contributed by atoms with E-state index in [1.54, 1.807) is 13.1 Å². The van der Waals surface area contributed by atoms with Gasteiger partial charge in [-0.1, -0.05) is 47.9 Å². The fourth-order valence-corrected chi connectivity index (χ4v) is 2.62. The largest absolute Gasteiger partial charge is 0.489 e. The van der Waals surface area contributed by atoms with Crippen molar-refractivity contribution in [3.8, 4) is 5.75 Å². The van der Waals surface area contributed by atoms with Gasteiger partial charge in [0, 0.05) is 17.6 Å². The minimum atomic E-state index is -0.324. The Hall–Kier alpha value is -2.53. The van der Waals surface area contributed by atoms with Crippen LogP contribution in [0, 0.1) is 0 Å². The number of halogens is 1. The number of ether oxygens (including phenoxy) is 1. The Morgan fingerprint density at radius 1 is 1.20 bits per heavy atom. The number of rotatable bonds is 7. The fourth-order valence-electron chi connectivity index (χ4n) is 2.42. The summed E-state index contributed by atoms with van der Waals surface area (Å²) in [6.07, 6.45) is 0.812. The van der Waals surface area contributed by atoms with Gasteiger partial charge in [0.15, 0.2) is 5.71 Å². The lowest BCUT2D eigenvalue weighted by molar-refractivity contribution is -0.114. The second kappa shape index (κ2) is 9.08. The van der Waals surface area contributed by atoms with Crippen LogP contribution in [0.25, 0.3) is 0 Å². The Morgan fingerprint density at radius 2 is 1.96 bits per heavy atom. The van der Waals surface area contributed by atoms with E-state index in [4.69, 9.17) is 21.2 Å². The van der Waals surface area contributed by atoms with Crippen LogP contribution in [0.1, 0.15) is 23.6 Å². The van der Waals surface area contributed by atoms with Crippen LogP contribution in [0.5, 0.6) is 5.75 Å². The fraction of sp³-hybridized carbons (Fsp3) is 0.263. The summed E-state index contributed by atoms with van der Waals surface area (Å²) in [6.45, 7) is 2.34. The first kappa shape index (κ1) is 18.8. The average Bonchev–Trinajstić information content (AvgIpc) is 2.64. The molecule has 0 aromatic heterocycles. The van der Waals surface area contributed by atoms with Crippen molar-refractivity contribution in [1.29, 1.82) is 0 Å². The highest BCUT2D eigenvalue weighted by atomic mass is 35.5. The molecular weight excluding hydrogens is 340 g/mol. The van der Waals surface area contributed by atoms with Gasteiger partial charge in [0.1, 0.15) is 19.5 Å². The Balaban J connectivity index is 2.30. The summed E-state index contributed by atoms with van der Waals surface area (Å²) in [5, 5.41) is 7.11. The van der Waals surface area contributed by atoms with Crippen molar-refractivity contribution in [1.82, 2.24) is 5.32 Å². The SMILES string of the molecule is CCc1cc(Cl)ccc1OCc1ccccc1C(=NOC)C(=O)NC. The number of benzene rings is 2. The highest BCUT2D eigenvalue weighted by Crippen LogP contribution is 2.25. The standard InChI is InChI=1S/C19H21ClN2O3/c1-4-13-11-15(20)9-10-17(13)25-12-14-7-5-6-8-16(14)18(22-24-3)19(23)21-2/h5-11H,4,12H2,1-3H3,(H,21,23). The smallest absolute Gasteiger partial charge is 0.273 e. The van der Waals surface area contributed by atoms with E-state index in [2.05, 4.69) is 10.5 Å². The number of hydrogen-bond donors (Lipinski definition) is 1. The van der Waals surface area contributed by atoms with Crippen LogP contribution in [-0.2, 0) is 22.7 Å². The average molecular weight is 361 g/mol. The predicted octanol–water partition coefficient (Wildman–Crippen LogP) is 3.58. The summed E-state index contributed by atoms with van der Waals surface area (Å²) in [7, 11) is 2.96. The molecule has 0 radical (unpaired) electrons. The van der Waals surface area contributed by atoms with E-state index in [9.17, 15) is 4.79 Å². The molecule has 132 valence electrons. The molecule has 1 N–H and O–H groups in total. The van der Waals surface area contributed by atoms with Gasteiger partial charge >= 0.3 is 0 Å². The van der Waals surface area contributed by atoms with Gasteiger partial charge in [-0.15, -0.1) is 0 Å². The van der Waals surface area contributed by atoms with Crippen LogP contribution >= 0.6 is 11.6 Å². The van der Waals surface area contributed by atoms with E-state index in [0.717, 1.165) is 23.3 Å². The molecule has 5 nitrogen and oxygen atoms in total. The van der Waals surface area contributed by atoms with Crippen LogP contribution in [0.15, 0.2) is 47.6 Å². The molecule has 2 rings (SSSR count). The molecule has 0 aliphatic carbocycles. The van der Waals surface area contributed by atoms with Gasteiger partial charge in [0.05, 0.1) is 0 Å². The number of nitrogens with zero attached hydrogens (tertiary/aromatic N) is 1. The van der Waals surface area contributed by atoms with E-state index in [0.29, 0.717) is 17.2 Å². The molecule has 0 fully saturated rings. The normalized spacial score (nSPS) is 11.1. The number of likely N-dealkylation sites (N-methyl/N-ethyl adjacent to an activating group) is 1. The molecule has 0 saturated carbocycles. The lowest BCUT2D eigenvalue weighted by Crippen LogP contribution is -2.29. The molecule has 6 heteroatoms. The number of carbonyl (C=O) groups is 1. The first-order chi connectivity index (χ1) is 12.1. The zero-order chi connectivity index (χ0) is 18.2. The summed E-state index contributed by atoms with van der Waals surface area (Å²) in [5.74, 6) is 0.446. The van der Waals surface area contributed by atoms with E-state index in [1.807, 2.05) is 43.3 Å². The van der Waals surface area contributed by atoms with E-state index < -0.39 is 0 Å². The molecule has 0 spiro atoms. The third kappa shape index (κ3) is 4.73. The van der Waals surface area contributed by atoms with Gasteiger partial charge in [-0.2, -0.15) is 0 Å².